The summed E-state index contributed by atoms with van der Waals surface area (Å²) in [6.07, 6.45) is 4.42. The first-order valence-electron chi connectivity index (χ1n) is 17.1. The van der Waals surface area contributed by atoms with Gasteiger partial charge in [0.2, 0.25) is 11.8 Å². The van der Waals surface area contributed by atoms with Crippen LogP contribution in [0.4, 0.5) is 9.59 Å². The Morgan fingerprint density at radius 2 is 1.80 bits per heavy atom. The van der Waals surface area contributed by atoms with Crippen LogP contribution >= 0.6 is 11.6 Å². The number of rotatable bonds is 5. The number of hydrogen-bond acceptors (Lipinski definition) is 9. The zero-order valence-electron chi connectivity index (χ0n) is 29.6. The molecule has 280 valence electrons. The van der Waals surface area contributed by atoms with E-state index in [-0.39, 0.29) is 32.4 Å². The maximum absolute atomic E-state index is 14.3. The quantitative estimate of drug-likeness (QED) is 0.381. The molecule has 1 saturated heterocycles. The maximum atomic E-state index is 14.3. The van der Waals surface area contributed by atoms with Crippen molar-refractivity contribution in [2.45, 2.75) is 108 Å². The molecule has 2 fully saturated rings. The Balaban J connectivity index is 1.41. The normalized spacial score (nSPS) is 27.6. The van der Waals surface area contributed by atoms with Gasteiger partial charge in [0.25, 0.3) is 5.91 Å². The first-order valence-corrected chi connectivity index (χ1v) is 19.0. The Kier molecular flexibility index (Phi) is 11.3. The highest BCUT2D eigenvalue weighted by Gasteiger charge is 2.62. The predicted octanol–water partition coefficient (Wildman–Crippen LogP) is 2.97. The van der Waals surface area contributed by atoms with Crippen molar-refractivity contribution in [3.8, 4) is 0 Å². The second-order valence-electron chi connectivity index (χ2n) is 14.8. The number of allylic oxidation sites excluding steroid dienone is 1. The third-order valence-electron chi connectivity index (χ3n) is 9.45. The molecule has 17 heteroatoms. The number of alkyl carbamates (subject to hydrolysis) is 1. The summed E-state index contributed by atoms with van der Waals surface area (Å²) < 4.78 is 39.4. The van der Waals surface area contributed by atoms with Crippen molar-refractivity contribution >= 4 is 51.7 Å². The summed E-state index contributed by atoms with van der Waals surface area (Å²) in [6, 6.07) is 3.10. The van der Waals surface area contributed by atoms with E-state index in [0.717, 1.165) is 28.3 Å². The molecule has 51 heavy (non-hydrogen) atoms. The lowest BCUT2D eigenvalue weighted by atomic mass is 10.0. The molecule has 0 bridgehead atoms. The molecule has 1 aliphatic carbocycles. The van der Waals surface area contributed by atoms with Crippen molar-refractivity contribution in [2.75, 3.05) is 20.6 Å². The summed E-state index contributed by atoms with van der Waals surface area (Å²) in [6.45, 7) is 5.53. The van der Waals surface area contributed by atoms with Crippen molar-refractivity contribution in [2.24, 2.45) is 5.92 Å². The van der Waals surface area contributed by atoms with Crippen molar-refractivity contribution < 1.29 is 41.9 Å². The van der Waals surface area contributed by atoms with Gasteiger partial charge in [-0.2, -0.15) is 12.7 Å². The number of nitrogens with one attached hydrogen (secondary N) is 3. The molecule has 3 aliphatic heterocycles. The number of carbonyl (C=O) groups excluding carboxylic acids is 5. The van der Waals surface area contributed by atoms with Gasteiger partial charge in [-0.1, -0.05) is 42.7 Å². The van der Waals surface area contributed by atoms with Gasteiger partial charge in [-0.15, -0.1) is 0 Å². The van der Waals surface area contributed by atoms with Crippen LogP contribution in [0.2, 0.25) is 5.02 Å². The number of hydrogen-bond donors (Lipinski definition) is 3. The minimum atomic E-state index is -4.18. The molecule has 5 rings (SSSR count). The molecule has 1 saturated carbocycles. The highest BCUT2D eigenvalue weighted by atomic mass is 35.5. The van der Waals surface area contributed by atoms with E-state index in [1.807, 2.05) is 12.1 Å². The molecular weight excluding hydrogens is 704 g/mol. The zero-order chi connectivity index (χ0) is 37.3. The van der Waals surface area contributed by atoms with Crippen LogP contribution in [0.1, 0.15) is 76.8 Å². The zero-order valence-corrected chi connectivity index (χ0v) is 31.1. The number of carbonyl (C=O) groups is 5. The van der Waals surface area contributed by atoms with Gasteiger partial charge in [0.1, 0.15) is 29.3 Å². The molecule has 4 aliphatic rings. The van der Waals surface area contributed by atoms with Gasteiger partial charge in [0, 0.05) is 44.5 Å². The monoisotopic (exact) mass is 750 g/mol. The lowest BCUT2D eigenvalue weighted by Gasteiger charge is -2.30. The molecular formula is C34H47ClN6O9S. The number of nitrogens with zero attached hydrogens (tertiary/aromatic N) is 3. The Hall–Kier alpha value is -3.89. The Morgan fingerprint density at radius 3 is 2.51 bits per heavy atom. The van der Waals surface area contributed by atoms with Gasteiger partial charge in [-0.3, -0.25) is 19.3 Å². The van der Waals surface area contributed by atoms with E-state index in [1.165, 1.54) is 23.9 Å². The summed E-state index contributed by atoms with van der Waals surface area (Å²) in [5.74, 6) is -2.68. The molecule has 3 heterocycles. The van der Waals surface area contributed by atoms with Crippen molar-refractivity contribution in [1.29, 1.82) is 0 Å². The van der Waals surface area contributed by atoms with E-state index in [2.05, 4.69) is 15.4 Å². The lowest BCUT2D eigenvalue weighted by molar-refractivity contribution is -0.141. The van der Waals surface area contributed by atoms with Crippen molar-refractivity contribution in [1.82, 2.24) is 29.5 Å². The summed E-state index contributed by atoms with van der Waals surface area (Å²) in [7, 11) is -1.64. The van der Waals surface area contributed by atoms with E-state index < -0.39 is 75.4 Å². The van der Waals surface area contributed by atoms with Crippen LogP contribution in [0, 0.1) is 5.92 Å². The fraction of sp³-hybridized carbons (Fsp3) is 0.618. The molecule has 0 aromatic heterocycles. The smallest absolute Gasteiger partial charge is 0.410 e. The standard InChI is InChI=1S/C34H47ClN6O9S/c1-33(2,3)50-31(45)36-26-12-10-8-6-7-9-11-23-17-34(23,30(44)38-51(47,48)39(4)5)37-28(42)27-16-25(20-41(27)29(26)43)49-32(46)40-18-21-13-14-24(35)15-22(21)19-40/h9,11,13-15,23,25-27H,6-8,10,12,16-20H2,1-5H3,(H,36,45)(H,37,42)(H,38,44)/b11-9-/t23-,25+,26-,27-,34+/m0/s1. The van der Waals surface area contributed by atoms with E-state index >= 15 is 0 Å². The van der Waals surface area contributed by atoms with Gasteiger partial charge in [-0.25, -0.2) is 14.3 Å². The fourth-order valence-corrected chi connectivity index (χ4v) is 7.42. The maximum Gasteiger partial charge on any atom is 0.410 e. The molecule has 15 nitrogen and oxygen atoms in total. The average molecular weight is 751 g/mol. The van der Waals surface area contributed by atoms with Gasteiger partial charge >= 0.3 is 22.4 Å². The molecule has 5 amide bonds. The Labute approximate surface area is 303 Å². The number of halogens is 1. The van der Waals surface area contributed by atoms with Crippen LogP contribution in [0.15, 0.2) is 30.4 Å². The molecule has 3 N–H and O–H groups in total. The summed E-state index contributed by atoms with van der Waals surface area (Å²) in [4.78, 5) is 71.0. The van der Waals surface area contributed by atoms with Gasteiger partial charge in [-0.05, 0) is 69.7 Å². The highest BCUT2D eigenvalue weighted by molar-refractivity contribution is 7.87. The van der Waals surface area contributed by atoms with Crippen LogP contribution < -0.4 is 15.4 Å². The molecule has 5 atom stereocenters. The van der Waals surface area contributed by atoms with Crippen LogP contribution in [-0.4, -0.2) is 102 Å². The molecule has 0 unspecified atom stereocenters. The van der Waals surface area contributed by atoms with Crippen molar-refractivity contribution in [3.05, 3.63) is 46.5 Å². The third kappa shape index (κ3) is 9.13. The Morgan fingerprint density at radius 1 is 1.08 bits per heavy atom. The van der Waals surface area contributed by atoms with Gasteiger partial charge < -0.3 is 25.0 Å². The number of benzene rings is 1. The van der Waals surface area contributed by atoms with E-state index in [0.29, 0.717) is 24.4 Å². The lowest BCUT2D eigenvalue weighted by Crippen LogP contribution is -2.58. The van der Waals surface area contributed by atoms with Crippen LogP contribution in [0.25, 0.3) is 0 Å². The van der Waals surface area contributed by atoms with Crippen LogP contribution in [-0.2, 0) is 47.2 Å². The summed E-state index contributed by atoms with van der Waals surface area (Å²) in [5, 5.41) is 5.99. The minimum Gasteiger partial charge on any atom is -0.444 e. The predicted molar refractivity (Wildman–Crippen MR) is 186 cm³/mol. The summed E-state index contributed by atoms with van der Waals surface area (Å²) >= 11 is 6.14. The fourth-order valence-electron chi connectivity index (χ4n) is 6.62. The second kappa shape index (κ2) is 15.0. The van der Waals surface area contributed by atoms with Crippen LogP contribution in [0.3, 0.4) is 0 Å². The summed E-state index contributed by atoms with van der Waals surface area (Å²) in [5.41, 5.74) is -0.604. The molecule has 1 aromatic carbocycles. The van der Waals surface area contributed by atoms with E-state index in [1.54, 1.807) is 39.0 Å². The topological polar surface area (TPSA) is 184 Å². The SMILES string of the molecule is CN(C)S(=O)(=O)NC(=O)[C@@]12C[C@@H]1/C=C\CCCCC[C@H](NC(=O)OC(C)(C)C)C(=O)N1C[C@H](OC(=O)N3Cc4ccc(Cl)cc4C3)C[C@H]1C(=O)N2. The Bertz CT molecular complexity index is 1700. The largest absolute Gasteiger partial charge is 0.444 e. The van der Waals surface area contributed by atoms with E-state index in [9.17, 15) is 32.4 Å². The number of amides is 5. The van der Waals surface area contributed by atoms with E-state index in [4.69, 9.17) is 21.1 Å². The first-order chi connectivity index (χ1) is 23.9. The van der Waals surface area contributed by atoms with Crippen molar-refractivity contribution in [3.63, 3.8) is 0 Å². The van der Waals surface area contributed by atoms with Crippen LogP contribution in [0.5, 0.6) is 0 Å². The molecule has 0 spiro atoms. The second-order valence-corrected chi connectivity index (χ2v) is 17.1. The van der Waals surface area contributed by atoms with Gasteiger partial charge in [0.05, 0.1) is 6.54 Å². The number of ether oxygens (including phenoxy) is 2. The minimum absolute atomic E-state index is 0.0940. The first kappa shape index (κ1) is 38.3. The molecule has 0 radical (unpaired) electrons. The highest BCUT2D eigenvalue weighted by Crippen LogP contribution is 2.46. The van der Waals surface area contributed by atoms with Gasteiger partial charge in [0.15, 0.2) is 0 Å². The third-order valence-corrected chi connectivity index (χ3v) is 11.1. The number of fused-ring (bicyclic) bond motifs is 3. The molecule has 1 aromatic rings. The average Bonchev–Trinajstić information content (AvgIpc) is 3.33.